The molecule has 102 valence electrons. The smallest absolute Gasteiger partial charge is 0.178 e. The second-order valence-corrected chi connectivity index (χ2v) is 6.27. The van der Waals surface area contributed by atoms with Crippen molar-refractivity contribution in [3.63, 3.8) is 0 Å². The monoisotopic (exact) mass is 272 g/mol. The summed E-state index contributed by atoms with van der Waals surface area (Å²) in [5.74, 6) is 0.0898. The number of hydrogen-bond acceptors (Lipinski definition) is 4. The highest BCUT2D eigenvalue weighted by molar-refractivity contribution is 7.91. The van der Waals surface area contributed by atoms with E-state index in [1.54, 1.807) is 38.3 Å². The van der Waals surface area contributed by atoms with E-state index in [4.69, 9.17) is 9.47 Å². The van der Waals surface area contributed by atoms with Crippen LogP contribution in [0, 0.1) is 6.92 Å². The van der Waals surface area contributed by atoms with E-state index in [0.717, 1.165) is 5.56 Å². The highest BCUT2D eigenvalue weighted by Gasteiger charge is 2.13. The molecule has 0 N–H and O–H groups in total. The summed E-state index contributed by atoms with van der Waals surface area (Å²) in [6.07, 6.45) is 0.163. The molecule has 0 radical (unpaired) electrons. The summed E-state index contributed by atoms with van der Waals surface area (Å²) in [4.78, 5) is 0.368. The van der Waals surface area contributed by atoms with Gasteiger partial charge in [0.15, 0.2) is 16.1 Å². The van der Waals surface area contributed by atoms with Crippen LogP contribution < -0.4 is 0 Å². The van der Waals surface area contributed by atoms with Crippen molar-refractivity contribution in [1.82, 2.24) is 0 Å². The Morgan fingerprint density at radius 3 is 2.39 bits per heavy atom. The van der Waals surface area contributed by atoms with E-state index in [1.165, 1.54) is 0 Å². The van der Waals surface area contributed by atoms with E-state index >= 15 is 0 Å². The summed E-state index contributed by atoms with van der Waals surface area (Å²) in [5.41, 5.74) is 1.05. The van der Waals surface area contributed by atoms with Gasteiger partial charge in [0.1, 0.15) is 0 Å². The van der Waals surface area contributed by atoms with Crippen LogP contribution in [0.1, 0.15) is 18.9 Å². The van der Waals surface area contributed by atoms with Crippen molar-refractivity contribution in [3.05, 3.63) is 29.8 Å². The van der Waals surface area contributed by atoms with Crippen LogP contribution in [0.4, 0.5) is 0 Å². The fourth-order valence-corrected chi connectivity index (χ4v) is 2.71. The lowest BCUT2D eigenvalue weighted by Crippen LogP contribution is -2.14. The lowest BCUT2D eigenvalue weighted by Gasteiger charge is -2.10. The molecule has 5 heteroatoms. The van der Waals surface area contributed by atoms with Crippen molar-refractivity contribution in [2.24, 2.45) is 0 Å². The van der Waals surface area contributed by atoms with Gasteiger partial charge < -0.3 is 9.47 Å². The first kappa shape index (κ1) is 15.1. The molecule has 1 unspecified atom stereocenters. The van der Waals surface area contributed by atoms with Crippen molar-refractivity contribution in [2.75, 3.05) is 19.5 Å². The van der Waals surface area contributed by atoms with Crippen LogP contribution in [-0.4, -0.2) is 34.2 Å². The van der Waals surface area contributed by atoms with Gasteiger partial charge >= 0.3 is 0 Å². The van der Waals surface area contributed by atoms with Gasteiger partial charge in [-0.25, -0.2) is 8.42 Å². The van der Waals surface area contributed by atoms with Crippen LogP contribution >= 0.6 is 0 Å². The van der Waals surface area contributed by atoms with Crippen molar-refractivity contribution in [2.45, 2.75) is 31.5 Å². The third-order valence-electron chi connectivity index (χ3n) is 2.62. The molecule has 0 bridgehead atoms. The second kappa shape index (κ2) is 6.87. The van der Waals surface area contributed by atoms with Gasteiger partial charge in [-0.05, 0) is 32.4 Å². The molecule has 4 nitrogen and oxygen atoms in total. The zero-order valence-electron chi connectivity index (χ0n) is 11.0. The molecule has 0 aliphatic rings. The van der Waals surface area contributed by atoms with Crippen LogP contribution in [0.15, 0.2) is 29.2 Å². The number of methoxy groups -OCH3 is 1. The highest BCUT2D eigenvalue weighted by Crippen LogP contribution is 2.13. The lowest BCUT2D eigenvalue weighted by molar-refractivity contribution is -0.110. The summed E-state index contributed by atoms with van der Waals surface area (Å²) in [5, 5.41) is 0. The number of sulfone groups is 1. The Bertz CT molecular complexity index is 450. The molecule has 0 amide bonds. The molecule has 0 fully saturated rings. The van der Waals surface area contributed by atoms with E-state index in [9.17, 15) is 8.42 Å². The molecule has 0 saturated heterocycles. The maximum absolute atomic E-state index is 12.0. The zero-order valence-corrected chi connectivity index (χ0v) is 11.9. The molecule has 0 aliphatic carbocycles. The first-order chi connectivity index (χ1) is 8.45. The molecular weight excluding hydrogens is 252 g/mol. The minimum atomic E-state index is -3.20. The molecule has 0 aliphatic heterocycles. The average molecular weight is 272 g/mol. The largest absolute Gasteiger partial charge is 0.356 e. The van der Waals surface area contributed by atoms with Crippen molar-refractivity contribution in [1.29, 1.82) is 0 Å². The normalized spacial score (nSPS) is 13.5. The third kappa shape index (κ3) is 4.76. The summed E-state index contributed by atoms with van der Waals surface area (Å²) < 4.78 is 34.1. The van der Waals surface area contributed by atoms with Gasteiger partial charge in [-0.15, -0.1) is 0 Å². The van der Waals surface area contributed by atoms with Crippen LogP contribution in [0.3, 0.4) is 0 Å². The first-order valence-corrected chi connectivity index (χ1v) is 7.55. The third-order valence-corrected chi connectivity index (χ3v) is 4.44. The summed E-state index contributed by atoms with van der Waals surface area (Å²) in [7, 11) is -1.65. The summed E-state index contributed by atoms with van der Waals surface area (Å²) in [6, 6.07) is 6.89. The number of ether oxygens (including phenoxy) is 2. The highest BCUT2D eigenvalue weighted by atomic mass is 32.2. The van der Waals surface area contributed by atoms with E-state index in [2.05, 4.69) is 0 Å². The van der Waals surface area contributed by atoms with E-state index < -0.39 is 9.84 Å². The Morgan fingerprint density at radius 1 is 1.22 bits per heavy atom. The van der Waals surface area contributed by atoms with Gasteiger partial charge in [0.2, 0.25) is 0 Å². The minimum Gasteiger partial charge on any atom is -0.356 e. The molecule has 0 aromatic heterocycles. The van der Waals surface area contributed by atoms with E-state index in [-0.39, 0.29) is 12.0 Å². The predicted molar refractivity (Wildman–Crippen MR) is 70.3 cm³/mol. The molecule has 0 heterocycles. The van der Waals surface area contributed by atoms with Crippen LogP contribution in [0.5, 0.6) is 0 Å². The quantitative estimate of drug-likeness (QED) is 0.564. The maximum Gasteiger partial charge on any atom is 0.178 e. The van der Waals surface area contributed by atoms with Gasteiger partial charge in [0.05, 0.1) is 17.3 Å². The van der Waals surface area contributed by atoms with Gasteiger partial charge in [-0.3, -0.25) is 0 Å². The number of benzene rings is 1. The molecule has 0 spiro atoms. The van der Waals surface area contributed by atoms with Crippen LogP contribution in [0.2, 0.25) is 0 Å². The average Bonchev–Trinajstić information content (AvgIpc) is 2.35. The Labute approximate surface area is 109 Å². The van der Waals surface area contributed by atoms with E-state index in [0.29, 0.717) is 17.9 Å². The molecule has 1 aromatic carbocycles. The van der Waals surface area contributed by atoms with Crippen molar-refractivity contribution < 1.29 is 17.9 Å². The SMILES string of the molecule is COC(C)OCCCS(=O)(=O)c1ccc(C)cc1. The van der Waals surface area contributed by atoms with E-state index in [1.807, 2.05) is 6.92 Å². The van der Waals surface area contributed by atoms with Crippen LogP contribution in [0.25, 0.3) is 0 Å². The standard InChI is InChI=1S/C13H20O4S/c1-11-5-7-13(8-6-11)18(14,15)10-4-9-17-12(2)16-3/h5-8,12H,4,9-10H2,1-3H3. The lowest BCUT2D eigenvalue weighted by atomic mass is 10.2. The predicted octanol–water partition coefficient (Wildman–Crippen LogP) is 2.17. The maximum atomic E-state index is 12.0. The Kier molecular flexibility index (Phi) is 5.78. The zero-order chi connectivity index (χ0) is 13.6. The first-order valence-electron chi connectivity index (χ1n) is 5.89. The molecule has 0 saturated carbocycles. The number of rotatable bonds is 7. The second-order valence-electron chi connectivity index (χ2n) is 4.16. The fraction of sp³-hybridized carbons (Fsp3) is 0.538. The molecule has 1 aromatic rings. The van der Waals surface area contributed by atoms with Crippen molar-refractivity contribution >= 4 is 9.84 Å². The minimum absolute atomic E-state index is 0.0898. The number of aryl methyl sites for hydroxylation is 1. The van der Waals surface area contributed by atoms with Gasteiger partial charge in [0, 0.05) is 7.11 Å². The molecular formula is C13H20O4S. The van der Waals surface area contributed by atoms with Crippen LogP contribution in [-0.2, 0) is 19.3 Å². The fourth-order valence-electron chi connectivity index (χ4n) is 1.43. The summed E-state index contributed by atoms with van der Waals surface area (Å²) >= 11 is 0. The Morgan fingerprint density at radius 2 is 1.83 bits per heavy atom. The molecule has 1 rings (SSSR count). The Hall–Kier alpha value is -0.910. The molecule has 1 atom stereocenters. The number of hydrogen-bond donors (Lipinski definition) is 0. The Balaban J connectivity index is 2.48. The summed E-state index contributed by atoms with van der Waals surface area (Å²) in [6.45, 7) is 4.07. The van der Waals surface area contributed by atoms with Gasteiger partial charge in [-0.2, -0.15) is 0 Å². The van der Waals surface area contributed by atoms with Gasteiger partial charge in [-0.1, -0.05) is 17.7 Å². The topological polar surface area (TPSA) is 52.6 Å². The van der Waals surface area contributed by atoms with Crippen molar-refractivity contribution in [3.8, 4) is 0 Å². The van der Waals surface area contributed by atoms with Gasteiger partial charge in [0.25, 0.3) is 0 Å². The molecule has 18 heavy (non-hydrogen) atoms.